The van der Waals surface area contributed by atoms with E-state index >= 15 is 0 Å². The van der Waals surface area contributed by atoms with Crippen LogP contribution in [-0.4, -0.2) is 6.67 Å². The molecule has 8 heavy (non-hydrogen) atoms. The van der Waals surface area contributed by atoms with Crippen molar-refractivity contribution >= 4 is 22.7 Å². The molecule has 2 nitrogen and oxygen atoms in total. The third-order valence-corrected chi connectivity index (χ3v) is 1.96. The van der Waals surface area contributed by atoms with E-state index in [0.717, 1.165) is 6.67 Å². The third kappa shape index (κ3) is 0.419. The molecule has 0 radical (unpaired) electrons. The monoisotopic (exact) mass is 126 g/mol. The number of thiophene rings is 1. The molecular formula is C5H6N2S. The molecule has 2 rings (SSSR count). The Morgan fingerprint density at radius 1 is 1.25 bits per heavy atom. The zero-order valence-corrected chi connectivity index (χ0v) is 5.09. The van der Waals surface area contributed by atoms with Crippen LogP contribution in [0.3, 0.4) is 0 Å². The van der Waals surface area contributed by atoms with Gasteiger partial charge in [0, 0.05) is 10.8 Å². The normalized spacial score (nSPS) is 14.5. The summed E-state index contributed by atoms with van der Waals surface area (Å²) in [5.41, 5.74) is 2.49. The maximum Gasteiger partial charge on any atom is 0.0851 e. The van der Waals surface area contributed by atoms with Gasteiger partial charge in [-0.15, -0.1) is 11.3 Å². The minimum absolute atomic E-state index is 0.887. The van der Waals surface area contributed by atoms with Gasteiger partial charge in [0.2, 0.25) is 0 Å². The first-order valence-electron chi connectivity index (χ1n) is 2.51. The zero-order valence-electron chi connectivity index (χ0n) is 4.27. The Labute approximate surface area is 51.5 Å². The van der Waals surface area contributed by atoms with Crippen LogP contribution in [-0.2, 0) is 0 Å². The summed E-state index contributed by atoms with van der Waals surface area (Å²) in [4.78, 5) is 0. The van der Waals surface area contributed by atoms with Crippen molar-refractivity contribution < 1.29 is 0 Å². The van der Waals surface area contributed by atoms with Crippen LogP contribution in [0.4, 0.5) is 11.4 Å². The van der Waals surface area contributed by atoms with E-state index in [0.29, 0.717) is 0 Å². The zero-order chi connectivity index (χ0) is 5.40. The van der Waals surface area contributed by atoms with Gasteiger partial charge in [-0.3, -0.25) is 0 Å². The van der Waals surface area contributed by atoms with Crippen molar-refractivity contribution in [3.8, 4) is 0 Å². The number of anilines is 2. The summed E-state index contributed by atoms with van der Waals surface area (Å²) in [5.74, 6) is 0. The highest BCUT2D eigenvalue weighted by molar-refractivity contribution is 7.09. The number of rotatable bonds is 0. The van der Waals surface area contributed by atoms with Crippen LogP contribution in [0.1, 0.15) is 0 Å². The van der Waals surface area contributed by atoms with Crippen LogP contribution in [0.25, 0.3) is 0 Å². The average molecular weight is 126 g/mol. The Hall–Kier alpha value is -0.700. The fourth-order valence-electron chi connectivity index (χ4n) is 0.805. The smallest absolute Gasteiger partial charge is 0.0851 e. The summed E-state index contributed by atoms with van der Waals surface area (Å²) < 4.78 is 0. The van der Waals surface area contributed by atoms with Crippen LogP contribution < -0.4 is 10.6 Å². The number of hydrogen-bond acceptors (Lipinski definition) is 3. The van der Waals surface area contributed by atoms with Crippen LogP contribution in [0, 0.1) is 0 Å². The van der Waals surface area contributed by atoms with Crippen molar-refractivity contribution in [3.63, 3.8) is 0 Å². The Bertz CT molecular complexity index is 176. The molecule has 1 aromatic rings. The van der Waals surface area contributed by atoms with Gasteiger partial charge in [0.15, 0.2) is 0 Å². The molecule has 0 saturated carbocycles. The molecule has 0 aromatic carbocycles. The lowest BCUT2D eigenvalue weighted by Crippen LogP contribution is -1.99. The summed E-state index contributed by atoms with van der Waals surface area (Å²) in [5, 5.41) is 10.6. The van der Waals surface area contributed by atoms with Gasteiger partial charge in [0.25, 0.3) is 0 Å². The van der Waals surface area contributed by atoms with Crippen molar-refractivity contribution in [2.75, 3.05) is 17.3 Å². The lowest BCUT2D eigenvalue weighted by atomic mass is 10.5. The van der Waals surface area contributed by atoms with Crippen LogP contribution in [0.2, 0.25) is 0 Å². The molecule has 0 atom stereocenters. The molecular weight excluding hydrogens is 120 g/mol. The molecule has 1 aliphatic heterocycles. The average Bonchev–Trinajstić information content (AvgIpc) is 2.15. The second-order valence-electron chi connectivity index (χ2n) is 1.73. The highest BCUT2D eigenvalue weighted by Crippen LogP contribution is 2.29. The molecule has 0 saturated heterocycles. The highest BCUT2D eigenvalue weighted by Gasteiger charge is 2.06. The first kappa shape index (κ1) is 4.21. The van der Waals surface area contributed by atoms with Crippen LogP contribution in [0.15, 0.2) is 10.8 Å². The highest BCUT2D eigenvalue weighted by atomic mass is 32.1. The first-order valence-corrected chi connectivity index (χ1v) is 3.45. The maximum atomic E-state index is 3.18. The van der Waals surface area contributed by atoms with Gasteiger partial charge in [0.1, 0.15) is 0 Å². The van der Waals surface area contributed by atoms with Crippen LogP contribution >= 0.6 is 11.3 Å². The Morgan fingerprint density at radius 3 is 2.50 bits per heavy atom. The molecule has 2 heterocycles. The summed E-state index contributed by atoms with van der Waals surface area (Å²) in [7, 11) is 0. The van der Waals surface area contributed by atoms with E-state index in [9.17, 15) is 0 Å². The molecule has 0 spiro atoms. The Morgan fingerprint density at radius 2 is 1.88 bits per heavy atom. The Kier molecular flexibility index (Phi) is 0.729. The Balaban J connectivity index is 2.54. The molecule has 0 amide bonds. The summed E-state index contributed by atoms with van der Waals surface area (Å²) in [6.07, 6.45) is 0. The lowest BCUT2D eigenvalue weighted by molar-refractivity contribution is 1.31. The quantitative estimate of drug-likeness (QED) is 0.551. The predicted octanol–water partition coefficient (Wildman–Crippen LogP) is 1.54. The van der Waals surface area contributed by atoms with Crippen molar-refractivity contribution in [1.29, 1.82) is 0 Å². The minimum Gasteiger partial charge on any atom is -0.366 e. The lowest BCUT2D eigenvalue weighted by Gasteiger charge is -1.86. The fraction of sp³-hybridized carbons (Fsp3) is 0.200. The summed E-state index contributed by atoms with van der Waals surface area (Å²) >= 11 is 1.72. The molecule has 3 heteroatoms. The number of nitrogens with one attached hydrogen (secondary N) is 2. The van der Waals surface area contributed by atoms with E-state index in [-0.39, 0.29) is 0 Å². The summed E-state index contributed by atoms with van der Waals surface area (Å²) in [6.45, 7) is 0.887. The SMILES string of the molecule is c1scc2c1NCN2. The molecule has 0 aliphatic carbocycles. The largest absolute Gasteiger partial charge is 0.366 e. The summed E-state index contributed by atoms with van der Waals surface area (Å²) in [6, 6.07) is 0. The predicted molar refractivity (Wildman–Crippen MR) is 36.4 cm³/mol. The minimum atomic E-state index is 0.887. The third-order valence-electron chi connectivity index (χ3n) is 1.22. The molecule has 2 N–H and O–H groups in total. The van der Waals surface area contributed by atoms with Crippen molar-refractivity contribution in [2.24, 2.45) is 0 Å². The van der Waals surface area contributed by atoms with Gasteiger partial charge in [0.05, 0.1) is 18.0 Å². The standard InChI is InChI=1S/C5H6N2S/c1-4-5(2-8-1)7-3-6-4/h1-2,6-7H,3H2. The van der Waals surface area contributed by atoms with Gasteiger partial charge in [-0.2, -0.15) is 0 Å². The topological polar surface area (TPSA) is 24.1 Å². The van der Waals surface area contributed by atoms with Crippen molar-refractivity contribution in [2.45, 2.75) is 0 Å². The number of hydrogen-bond donors (Lipinski definition) is 2. The van der Waals surface area contributed by atoms with Gasteiger partial charge < -0.3 is 10.6 Å². The second kappa shape index (κ2) is 1.39. The molecule has 1 aromatic heterocycles. The van der Waals surface area contributed by atoms with Crippen molar-refractivity contribution in [3.05, 3.63) is 10.8 Å². The van der Waals surface area contributed by atoms with Crippen LogP contribution in [0.5, 0.6) is 0 Å². The van der Waals surface area contributed by atoms with E-state index in [1.165, 1.54) is 11.4 Å². The molecule has 0 bridgehead atoms. The van der Waals surface area contributed by atoms with Gasteiger partial charge >= 0.3 is 0 Å². The molecule has 0 fully saturated rings. The van der Waals surface area contributed by atoms with E-state index in [4.69, 9.17) is 0 Å². The maximum absolute atomic E-state index is 3.18. The van der Waals surface area contributed by atoms with Gasteiger partial charge in [-0.05, 0) is 0 Å². The van der Waals surface area contributed by atoms with E-state index in [2.05, 4.69) is 21.4 Å². The molecule has 1 aliphatic rings. The molecule has 0 unspecified atom stereocenters. The number of fused-ring (bicyclic) bond motifs is 1. The van der Waals surface area contributed by atoms with Crippen molar-refractivity contribution in [1.82, 2.24) is 0 Å². The first-order chi connectivity index (χ1) is 3.97. The van der Waals surface area contributed by atoms with Gasteiger partial charge in [-0.25, -0.2) is 0 Å². The van der Waals surface area contributed by atoms with E-state index in [1.54, 1.807) is 11.3 Å². The van der Waals surface area contributed by atoms with E-state index in [1.807, 2.05) is 0 Å². The second-order valence-corrected chi connectivity index (χ2v) is 2.47. The van der Waals surface area contributed by atoms with E-state index < -0.39 is 0 Å². The van der Waals surface area contributed by atoms with Gasteiger partial charge in [-0.1, -0.05) is 0 Å². The molecule has 42 valence electrons. The fourth-order valence-corrected chi connectivity index (χ4v) is 1.57.